The highest BCUT2D eigenvalue weighted by Crippen LogP contribution is 2.03. The van der Waals surface area contributed by atoms with Gasteiger partial charge in [0.15, 0.2) is 12.5 Å². The van der Waals surface area contributed by atoms with Crippen molar-refractivity contribution >= 4 is 11.8 Å². The average Bonchev–Trinajstić information content (AvgIpc) is 2.36. The maximum atomic E-state index is 11.4. The molecule has 2 N–H and O–H groups in total. The largest absolute Gasteiger partial charge is 0.354 e. The minimum absolute atomic E-state index is 0.154. The molecule has 19 heavy (non-hydrogen) atoms. The summed E-state index contributed by atoms with van der Waals surface area (Å²) in [7, 11) is 0. The molecule has 0 saturated carbocycles. The van der Waals surface area contributed by atoms with Gasteiger partial charge in [-0.25, -0.2) is 0 Å². The monoisotopic (exact) mass is 270 g/mol. The van der Waals surface area contributed by atoms with Crippen LogP contribution in [0.1, 0.15) is 20.8 Å². The molecular weight excluding hydrogens is 248 g/mol. The summed E-state index contributed by atoms with van der Waals surface area (Å²) in [6.07, 6.45) is 0.470. The van der Waals surface area contributed by atoms with Crippen LogP contribution in [0.4, 0.5) is 0 Å². The van der Waals surface area contributed by atoms with Crippen LogP contribution in [0.3, 0.4) is 0 Å². The van der Waals surface area contributed by atoms with Gasteiger partial charge in [-0.2, -0.15) is 0 Å². The summed E-state index contributed by atoms with van der Waals surface area (Å²) in [5.74, 6) is -0.827. The molecule has 0 heterocycles. The molecule has 0 rings (SSSR count). The lowest BCUT2D eigenvalue weighted by Gasteiger charge is -2.29. The number of nitrogens with one attached hydrogen (secondary N) is 2. The molecule has 6 nitrogen and oxygen atoms in total. The fourth-order valence-corrected chi connectivity index (χ4v) is 1.26. The van der Waals surface area contributed by atoms with E-state index in [4.69, 9.17) is 9.47 Å². The molecule has 0 aliphatic heterocycles. The second-order valence-corrected chi connectivity index (χ2v) is 3.91. The molecule has 0 aliphatic carbocycles. The second-order valence-electron chi connectivity index (χ2n) is 3.91. The van der Waals surface area contributed by atoms with Crippen molar-refractivity contribution in [3.63, 3.8) is 0 Å². The Labute approximate surface area is 113 Å². The van der Waals surface area contributed by atoms with Gasteiger partial charge >= 0.3 is 0 Å². The van der Waals surface area contributed by atoms with Gasteiger partial charge in [-0.15, -0.1) is 0 Å². The maximum Gasteiger partial charge on any atom is 0.245 e. The van der Waals surface area contributed by atoms with Gasteiger partial charge < -0.3 is 20.1 Å². The van der Waals surface area contributed by atoms with Crippen LogP contribution >= 0.6 is 0 Å². The molecule has 0 fully saturated rings. The molecule has 0 radical (unpaired) electrons. The minimum Gasteiger partial charge on any atom is -0.354 e. The van der Waals surface area contributed by atoms with Crippen LogP contribution in [-0.2, 0) is 19.1 Å². The molecule has 0 bridgehead atoms. The summed E-state index contributed by atoms with van der Waals surface area (Å²) in [4.78, 5) is 22.7. The molecule has 0 aromatic carbocycles. The van der Waals surface area contributed by atoms with Gasteiger partial charge in [0.1, 0.15) is 0 Å². The summed E-state index contributed by atoms with van der Waals surface area (Å²) >= 11 is 0. The molecule has 0 aromatic rings. The van der Waals surface area contributed by atoms with Gasteiger partial charge in [0.25, 0.3) is 0 Å². The molecule has 108 valence electrons. The summed E-state index contributed by atoms with van der Waals surface area (Å²) in [6, 6.07) is 0. The van der Waals surface area contributed by atoms with Crippen molar-refractivity contribution in [2.45, 2.75) is 39.3 Å². The van der Waals surface area contributed by atoms with Crippen LogP contribution in [0, 0.1) is 0 Å². The number of carbonyl (C=O) groups is 2. The predicted molar refractivity (Wildman–Crippen MR) is 72.1 cm³/mol. The summed E-state index contributed by atoms with van der Waals surface area (Å²) in [5, 5.41) is 5.11. The van der Waals surface area contributed by atoms with Crippen LogP contribution in [0.2, 0.25) is 0 Å². The zero-order chi connectivity index (χ0) is 14.8. The lowest BCUT2D eigenvalue weighted by atomic mass is 10.4. The van der Waals surface area contributed by atoms with Gasteiger partial charge in [0.2, 0.25) is 11.8 Å². The van der Waals surface area contributed by atoms with Gasteiger partial charge in [-0.3, -0.25) is 9.59 Å². The van der Waals surface area contributed by atoms with Gasteiger partial charge in [0.05, 0.1) is 6.10 Å². The maximum absolute atomic E-state index is 11.4. The third-order valence-corrected chi connectivity index (χ3v) is 1.98. The van der Waals surface area contributed by atoms with Crippen LogP contribution < -0.4 is 10.6 Å². The Bertz CT molecular complexity index is 329. The van der Waals surface area contributed by atoms with E-state index in [2.05, 4.69) is 23.8 Å². The lowest BCUT2D eigenvalue weighted by Crippen LogP contribution is -2.54. The number of rotatable bonds is 9. The van der Waals surface area contributed by atoms with E-state index in [1.54, 1.807) is 6.92 Å². The van der Waals surface area contributed by atoms with Crippen molar-refractivity contribution < 1.29 is 19.1 Å². The normalized spacial score (nSPS) is 13.5. The van der Waals surface area contributed by atoms with E-state index in [9.17, 15) is 9.59 Å². The van der Waals surface area contributed by atoms with Crippen molar-refractivity contribution in [1.29, 1.82) is 0 Å². The first-order valence-electron chi connectivity index (χ1n) is 6.07. The summed E-state index contributed by atoms with van der Waals surface area (Å²) in [5.41, 5.74) is 0. The molecule has 0 aliphatic rings. The fourth-order valence-electron chi connectivity index (χ4n) is 1.26. The van der Waals surface area contributed by atoms with E-state index in [1.807, 2.05) is 13.8 Å². The Morgan fingerprint density at radius 1 is 1.11 bits per heavy atom. The van der Waals surface area contributed by atoms with E-state index in [0.29, 0.717) is 6.61 Å². The summed E-state index contributed by atoms with van der Waals surface area (Å²) < 4.78 is 10.9. The highest BCUT2D eigenvalue weighted by atomic mass is 16.6. The zero-order valence-electron chi connectivity index (χ0n) is 11.6. The average molecular weight is 270 g/mol. The zero-order valence-corrected chi connectivity index (χ0v) is 11.6. The van der Waals surface area contributed by atoms with E-state index in [-0.39, 0.29) is 6.10 Å². The highest BCUT2D eigenvalue weighted by molar-refractivity contribution is 5.88. The Hall–Kier alpha value is -1.66. The highest BCUT2D eigenvalue weighted by Gasteiger charge is 2.26. The molecule has 2 atom stereocenters. The van der Waals surface area contributed by atoms with Crippen LogP contribution in [0.5, 0.6) is 0 Å². The van der Waals surface area contributed by atoms with Gasteiger partial charge in [-0.05, 0) is 32.9 Å². The van der Waals surface area contributed by atoms with E-state index in [1.165, 1.54) is 0 Å². The number of amides is 2. The van der Waals surface area contributed by atoms with E-state index in [0.717, 1.165) is 12.2 Å². The Morgan fingerprint density at radius 3 is 1.95 bits per heavy atom. The van der Waals surface area contributed by atoms with Crippen LogP contribution in [0.15, 0.2) is 25.3 Å². The Morgan fingerprint density at radius 2 is 1.58 bits per heavy atom. The summed E-state index contributed by atoms with van der Waals surface area (Å²) in [6.45, 7) is 12.5. The molecule has 2 unspecified atom stereocenters. The molecular formula is C13H22N2O4. The first-order chi connectivity index (χ1) is 8.94. The number of ether oxygens (including phenoxy) is 2. The standard InChI is InChI=1S/C13H22N2O4/c1-6-10(16)14-12(18-8-3)13(19-9(4)5)15-11(17)7-2/h6-7,9,12-13H,1-2,8H2,3-5H3,(H,14,16)(H,15,17). The van der Waals surface area contributed by atoms with Crippen molar-refractivity contribution in [3.05, 3.63) is 25.3 Å². The third kappa shape index (κ3) is 7.38. The molecule has 2 amide bonds. The smallest absolute Gasteiger partial charge is 0.245 e. The number of hydrogen-bond acceptors (Lipinski definition) is 4. The molecule has 6 heteroatoms. The fraction of sp³-hybridized carbons (Fsp3) is 0.538. The van der Waals surface area contributed by atoms with Crippen molar-refractivity contribution in [2.24, 2.45) is 0 Å². The SMILES string of the molecule is C=CC(=O)NC(OCC)C(NC(=O)C=C)OC(C)C. The van der Waals surface area contributed by atoms with Crippen molar-refractivity contribution in [1.82, 2.24) is 10.6 Å². The minimum atomic E-state index is -0.811. The van der Waals surface area contributed by atoms with Crippen molar-refractivity contribution in [3.8, 4) is 0 Å². The number of carbonyl (C=O) groups excluding carboxylic acids is 2. The number of hydrogen-bond donors (Lipinski definition) is 2. The van der Waals surface area contributed by atoms with Gasteiger partial charge in [0, 0.05) is 6.61 Å². The topological polar surface area (TPSA) is 76.7 Å². The Balaban J connectivity index is 4.87. The third-order valence-electron chi connectivity index (χ3n) is 1.98. The predicted octanol–water partition coefficient (Wildman–Crippen LogP) is 0.704. The van der Waals surface area contributed by atoms with Crippen LogP contribution in [-0.4, -0.2) is 37.0 Å². The van der Waals surface area contributed by atoms with E-state index < -0.39 is 24.3 Å². The molecule has 0 spiro atoms. The van der Waals surface area contributed by atoms with E-state index >= 15 is 0 Å². The van der Waals surface area contributed by atoms with Gasteiger partial charge in [-0.1, -0.05) is 13.2 Å². The quantitative estimate of drug-likeness (QED) is 0.478. The second kappa shape index (κ2) is 9.29. The van der Waals surface area contributed by atoms with Crippen LogP contribution in [0.25, 0.3) is 0 Å². The first kappa shape index (κ1) is 17.3. The molecule has 0 aromatic heterocycles. The first-order valence-corrected chi connectivity index (χ1v) is 6.07. The lowest BCUT2D eigenvalue weighted by molar-refractivity contribution is -0.145. The molecule has 0 saturated heterocycles. The Kier molecular flexibility index (Phi) is 8.48. The van der Waals surface area contributed by atoms with Crippen molar-refractivity contribution in [2.75, 3.05) is 6.61 Å².